The second-order valence-corrected chi connectivity index (χ2v) is 10.9. The summed E-state index contributed by atoms with van der Waals surface area (Å²) in [5.74, 6) is 0.740. The lowest BCUT2D eigenvalue weighted by Crippen LogP contribution is -2.48. The van der Waals surface area contributed by atoms with Crippen molar-refractivity contribution in [2.75, 3.05) is 13.1 Å². The van der Waals surface area contributed by atoms with Crippen LogP contribution in [0.5, 0.6) is 0 Å². The molecule has 5 rings (SSSR count). The third kappa shape index (κ3) is 4.46. The number of rotatable bonds is 7. The van der Waals surface area contributed by atoms with E-state index >= 15 is 0 Å². The quantitative estimate of drug-likeness (QED) is 0.495. The Labute approximate surface area is 206 Å². The zero-order chi connectivity index (χ0) is 23.9. The van der Waals surface area contributed by atoms with E-state index in [0.717, 1.165) is 48.3 Å². The standard InChI is InChI=1S/C27H34ClN5O/c1-18(2)33-25-9-8-20(14-24(25)30-31-33)26(34)32(16-19-6-7-19)23-10-12-27(17-29,13-11-23)21-4-3-5-22(28)15-21/h3-5,8-9,14-15,18-19,23H,6-7,10-13,16-17,29H2,1-2H3. The molecule has 2 aliphatic carbocycles. The Morgan fingerprint density at radius 2 is 1.94 bits per heavy atom. The highest BCUT2D eigenvalue weighted by atomic mass is 35.5. The Hall–Kier alpha value is -2.44. The highest BCUT2D eigenvalue weighted by Crippen LogP contribution is 2.42. The van der Waals surface area contributed by atoms with Crippen molar-refractivity contribution in [2.45, 2.75) is 69.9 Å². The molecular formula is C27H34ClN5O. The van der Waals surface area contributed by atoms with Crippen molar-refractivity contribution in [3.05, 3.63) is 58.6 Å². The maximum absolute atomic E-state index is 13.8. The van der Waals surface area contributed by atoms with Gasteiger partial charge in [0.15, 0.2) is 0 Å². The van der Waals surface area contributed by atoms with E-state index in [2.05, 4.69) is 41.2 Å². The Morgan fingerprint density at radius 3 is 2.59 bits per heavy atom. The van der Waals surface area contributed by atoms with Gasteiger partial charge in [0.25, 0.3) is 5.91 Å². The number of nitrogens with two attached hydrogens (primary N) is 1. The normalized spacial score (nSPS) is 22.9. The van der Waals surface area contributed by atoms with Crippen LogP contribution in [0.25, 0.3) is 11.0 Å². The van der Waals surface area contributed by atoms with E-state index in [9.17, 15) is 4.79 Å². The number of aromatic nitrogens is 3. The van der Waals surface area contributed by atoms with Gasteiger partial charge >= 0.3 is 0 Å². The number of carbonyl (C=O) groups excluding carboxylic acids is 1. The summed E-state index contributed by atoms with van der Waals surface area (Å²) in [4.78, 5) is 15.9. The zero-order valence-electron chi connectivity index (χ0n) is 20.1. The molecule has 6 nitrogen and oxygen atoms in total. The molecule has 0 spiro atoms. The van der Waals surface area contributed by atoms with Gasteiger partial charge in [0.2, 0.25) is 0 Å². The van der Waals surface area contributed by atoms with Crippen LogP contribution in [0.4, 0.5) is 0 Å². The number of halogens is 1. The van der Waals surface area contributed by atoms with Gasteiger partial charge in [-0.05, 0) is 94.2 Å². The van der Waals surface area contributed by atoms with Gasteiger partial charge in [0, 0.05) is 41.2 Å². The van der Waals surface area contributed by atoms with Gasteiger partial charge in [0.05, 0.1) is 5.52 Å². The van der Waals surface area contributed by atoms with Gasteiger partial charge < -0.3 is 10.6 Å². The van der Waals surface area contributed by atoms with Crippen molar-refractivity contribution in [1.82, 2.24) is 19.9 Å². The maximum atomic E-state index is 13.8. The first-order chi connectivity index (χ1) is 16.4. The van der Waals surface area contributed by atoms with Crippen LogP contribution in [-0.4, -0.2) is 44.9 Å². The number of benzene rings is 2. The van der Waals surface area contributed by atoms with E-state index in [-0.39, 0.29) is 23.4 Å². The lowest BCUT2D eigenvalue weighted by molar-refractivity contribution is 0.0581. The van der Waals surface area contributed by atoms with Gasteiger partial charge in [-0.15, -0.1) is 5.10 Å². The second-order valence-electron chi connectivity index (χ2n) is 10.5. The largest absolute Gasteiger partial charge is 0.335 e. The number of hydrogen-bond acceptors (Lipinski definition) is 4. The molecule has 7 heteroatoms. The number of fused-ring (bicyclic) bond motifs is 1. The Kier molecular flexibility index (Phi) is 6.38. The van der Waals surface area contributed by atoms with Crippen molar-refractivity contribution in [3.8, 4) is 0 Å². The molecule has 2 fully saturated rings. The van der Waals surface area contributed by atoms with Crippen LogP contribution in [0, 0.1) is 5.92 Å². The summed E-state index contributed by atoms with van der Waals surface area (Å²) in [5.41, 5.74) is 9.92. The third-order valence-corrected chi connectivity index (χ3v) is 8.04. The Morgan fingerprint density at radius 1 is 1.18 bits per heavy atom. The molecule has 180 valence electrons. The molecule has 3 aromatic rings. The van der Waals surface area contributed by atoms with Crippen LogP contribution in [-0.2, 0) is 5.41 Å². The number of nitrogens with zero attached hydrogens (tertiary/aromatic N) is 4. The zero-order valence-corrected chi connectivity index (χ0v) is 20.8. The smallest absolute Gasteiger partial charge is 0.254 e. The van der Waals surface area contributed by atoms with E-state index in [0.29, 0.717) is 18.0 Å². The molecule has 0 saturated heterocycles. The molecule has 0 atom stereocenters. The molecule has 2 aliphatic rings. The molecule has 1 aromatic heterocycles. The van der Waals surface area contributed by atoms with Gasteiger partial charge in [-0.3, -0.25) is 4.79 Å². The highest BCUT2D eigenvalue weighted by molar-refractivity contribution is 6.30. The molecule has 2 saturated carbocycles. The summed E-state index contributed by atoms with van der Waals surface area (Å²) in [6.45, 7) is 5.60. The summed E-state index contributed by atoms with van der Waals surface area (Å²) in [6.07, 6.45) is 6.26. The summed E-state index contributed by atoms with van der Waals surface area (Å²) in [7, 11) is 0. The van der Waals surface area contributed by atoms with Crippen LogP contribution in [0.1, 0.15) is 74.3 Å². The van der Waals surface area contributed by atoms with Crippen molar-refractivity contribution < 1.29 is 4.79 Å². The van der Waals surface area contributed by atoms with Crippen LogP contribution >= 0.6 is 11.6 Å². The number of hydrogen-bond donors (Lipinski definition) is 1. The Balaban J connectivity index is 1.37. The molecule has 0 unspecified atom stereocenters. The van der Waals surface area contributed by atoms with Crippen molar-refractivity contribution in [1.29, 1.82) is 0 Å². The van der Waals surface area contributed by atoms with E-state index in [1.54, 1.807) is 0 Å². The molecule has 0 radical (unpaired) electrons. The van der Waals surface area contributed by atoms with E-state index in [4.69, 9.17) is 17.3 Å². The van der Waals surface area contributed by atoms with E-state index < -0.39 is 0 Å². The topological polar surface area (TPSA) is 77.0 Å². The molecule has 1 amide bonds. The first-order valence-electron chi connectivity index (χ1n) is 12.5. The molecule has 2 aromatic carbocycles. The fourth-order valence-electron chi connectivity index (χ4n) is 5.49. The van der Waals surface area contributed by atoms with Gasteiger partial charge in [-0.2, -0.15) is 0 Å². The summed E-state index contributed by atoms with van der Waals surface area (Å²) >= 11 is 6.29. The predicted molar refractivity (Wildman–Crippen MR) is 136 cm³/mol. The molecular weight excluding hydrogens is 446 g/mol. The SMILES string of the molecule is CC(C)n1nnc2cc(C(=O)N(CC3CC3)C3CCC(CN)(c4cccc(Cl)c4)CC3)ccc21. The first kappa shape index (κ1) is 23.3. The van der Waals surface area contributed by atoms with Gasteiger partial charge in [-0.25, -0.2) is 4.68 Å². The lowest BCUT2D eigenvalue weighted by atomic mass is 9.68. The van der Waals surface area contributed by atoms with Crippen molar-refractivity contribution in [3.63, 3.8) is 0 Å². The molecule has 2 N–H and O–H groups in total. The van der Waals surface area contributed by atoms with Crippen molar-refractivity contribution in [2.24, 2.45) is 11.7 Å². The lowest BCUT2D eigenvalue weighted by Gasteiger charge is -2.43. The fraction of sp³-hybridized carbons (Fsp3) is 0.519. The Bertz CT molecular complexity index is 1180. The second kappa shape index (κ2) is 9.31. The number of amides is 1. The van der Waals surface area contributed by atoms with Crippen LogP contribution in [0.2, 0.25) is 5.02 Å². The van der Waals surface area contributed by atoms with E-state index in [1.165, 1.54) is 18.4 Å². The summed E-state index contributed by atoms with van der Waals surface area (Å²) in [5, 5.41) is 9.34. The van der Waals surface area contributed by atoms with Crippen LogP contribution in [0.3, 0.4) is 0 Å². The van der Waals surface area contributed by atoms with E-state index in [1.807, 2.05) is 35.0 Å². The minimum atomic E-state index is -0.0655. The number of carbonyl (C=O) groups is 1. The predicted octanol–water partition coefficient (Wildman–Crippen LogP) is 5.36. The summed E-state index contributed by atoms with van der Waals surface area (Å²) < 4.78 is 1.90. The van der Waals surface area contributed by atoms with Crippen molar-refractivity contribution >= 4 is 28.5 Å². The monoisotopic (exact) mass is 479 g/mol. The van der Waals surface area contributed by atoms with Crippen LogP contribution in [0.15, 0.2) is 42.5 Å². The fourth-order valence-corrected chi connectivity index (χ4v) is 5.68. The molecule has 1 heterocycles. The first-order valence-corrected chi connectivity index (χ1v) is 12.9. The van der Waals surface area contributed by atoms with Crippen LogP contribution < -0.4 is 5.73 Å². The maximum Gasteiger partial charge on any atom is 0.254 e. The minimum absolute atomic E-state index is 0.0655. The molecule has 0 aliphatic heterocycles. The summed E-state index contributed by atoms with van der Waals surface area (Å²) in [6, 6.07) is 14.4. The third-order valence-electron chi connectivity index (χ3n) is 7.80. The van der Waals surface area contributed by atoms with Gasteiger partial charge in [-0.1, -0.05) is 28.9 Å². The average Bonchev–Trinajstić information content (AvgIpc) is 3.57. The average molecular weight is 480 g/mol. The molecule has 0 bridgehead atoms. The van der Waals surface area contributed by atoms with Gasteiger partial charge in [0.1, 0.15) is 5.52 Å². The molecule has 34 heavy (non-hydrogen) atoms. The minimum Gasteiger partial charge on any atom is -0.335 e. The highest BCUT2D eigenvalue weighted by Gasteiger charge is 2.40.